The van der Waals surface area contributed by atoms with E-state index in [4.69, 9.17) is 4.74 Å². The Morgan fingerprint density at radius 1 is 1.33 bits per heavy atom. The number of carbonyl (C=O) groups excluding carboxylic acids is 1. The highest BCUT2D eigenvalue weighted by molar-refractivity contribution is 5.84. The summed E-state index contributed by atoms with van der Waals surface area (Å²) in [4.78, 5) is 12.2. The van der Waals surface area contributed by atoms with Crippen LogP contribution >= 0.6 is 0 Å². The summed E-state index contributed by atoms with van der Waals surface area (Å²) in [5.74, 6) is -0.226. The Hall–Kier alpha value is -1.62. The van der Waals surface area contributed by atoms with Crippen LogP contribution in [0.2, 0.25) is 0 Å². The lowest BCUT2D eigenvalue weighted by atomic mass is 10.0. The predicted octanol–water partition coefficient (Wildman–Crippen LogP) is 2.40. The predicted molar refractivity (Wildman–Crippen MR) is 77.5 cm³/mol. The molecule has 1 fully saturated rings. The third-order valence-corrected chi connectivity index (χ3v) is 3.85. The van der Waals surface area contributed by atoms with Crippen molar-refractivity contribution in [3.8, 4) is 5.75 Å². The molecule has 1 amide bonds. The van der Waals surface area contributed by atoms with Crippen molar-refractivity contribution in [2.24, 2.45) is 0 Å². The average Bonchev–Trinajstić information content (AvgIpc) is 2.86. The minimum Gasteiger partial charge on any atom is -0.478 e. The van der Waals surface area contributed by atoms with Gasteiger partial charge in [0.1, 0.15) is 11.6 Å². The van der Waals surface area contributed by atoms with Crippen molar-refractivity contribution in [2.75, 3.05) is 6.54 Å². The van der Waals surface area contributed by atoms with Crippen LogP contribution in [0.1, 0.15) is 39.5 Å². The molecule has 0 aromatic heterocycles. The van der Waals surface area contributed by atoms with E-state index in [0.717, 1.165) is 12.8 Å². The second-order valence-electron chi connectivity index (χ2n) is 6.18. The quantitative estimate of drug-likeness (QED) is 0.877. The van der Waals surface area contributed by atoms with E-state index < -0.39 is 11.2 Å². The van der Waals surface area contributed by atoms with E-state index in [2.05, 4.69) is 5.32 Å². The summed E-state index contributed by atoms with van der Waals surface area (Å²) >= 11 is 0. The molecule has 2 rings (SSSR count). The number of hydrogen-bond acceptors (Lipinski definition) is 3. The molecule has 5 heteroatoms. The summed E-state index contributed by atoms with van der Waals surface area (Å²) in [6, 6.07) is 5.53. The fourth-order valence-corrected chi connectivity index (χ4v) is 2.51. The maximum absolute atomic E-state index is 12.9. The maximum Gasteiger partial charge on any atom is 0.263 e. The van der Waals surface area contributed by atoms with Gasteiger partial charge in [0.2, 0.25) is 0 Å². The first kappa shape index (κ1) is 15.8. The monoisotopic (exact) mass is 295 g/mol. The van der Waals surface area contributed by atoms with Gasteiger partial charge in [0.25, 0.3) is 5.91 Å². The summed E-state index contributed by atoms with van der Waals surface area (Å²) in [5, 5.41) is 13.0. The second-order valence-corrected chi connectivity index (χ2v) is 6.18. The summed E-state index contributed by atoms with van der Waals surface area (Å²) in [5.41, 5.74) is -1.88. The summed E-state index contributed by atoms with van der Waals surface area (Å²) < 4.78 is 18.5. The minimum atomic E-state index is -1.09. The molecule has 1 aliphatic carbocycles. The normalized spacial score (nSPS) is 17.5. The molecule has 0 heterocycles. The Morgan fingerprint density at radius 2 is 1.90 bits per heavy atom. The van der Waals surface area contributed by atoms with Crippen LogP contribution < -0.4 is 10.1 Å². The van der Waals surface area contributed by atoms with Gasteiger partial charge < -0.3 is 15.2 Å². The molecule has 1 aliphatic rings. The molecule has 116 valence electrons. The van der Waals surface area contributed by atoms with Crippen LogP contribution in [0.25, 0.3) is 0 Å². The lowest BCUT2D eigenvalue weighted by Gasteiger charge is -2.28. The number of hydrogen-bond donors (Lipinski definition) is 2. The van der Waals surface area contributed by atoms with Crippen molar-refractivity contribution in [2.45, 2.75) is 50.7 Å². The number of rotatable bonds is 5. The molecule has 21 heavy (non-hydrogen) atoms. The fourth-order valence-electron chi connectivity index (χ4n) is 2.51. The number of benzene rings is 1. The molecular formula is C16H22FNO3. The largest absolute Gasteiger partial charge is 0.478 e. The lowest BCUT2D eigenvalue weighted by molar-refractivity contribution is -0.135. The first-order valence-electron chi connectivity index (χ1n) is 7.26. The molecular weight excluding hydrogens is 273 g/mol. The van der Waals surface area contributed by atoms with Gasteiger partial charge in [-0.05, 0) is 51.0 Å². The highest BCUT2D eigenvalue weighted by atomic mass is 19.1. The van der Waals surface area contributed by atoms with Crippen molar-refractivity contribution in [3.05, 3.63) is 30.1 Å². The molecule has 0 atom stereocenters. The molecule has 2 N–H and O–H groups in total. The molecule has 1 aromatic carbocycles. The van der Waals surface area contributed by atoms with Gasteiger partial charge in [0.05, 0.1) is 5.60 Å². The molecule has 1 saturated carbocycles. The van der Waals surface area contributed by atoms with Crippen LogP contribution in [-0.2, 0) is 4.79 Å². The van der Waals surface area contributed by atoms with Gasteiger partial charge in [0.15, 0.2) is 5.60 Å². The van der Waals surface area contributed by atoms with Gasteiger partial charge in [-0.1, -0.05) is 12.8 Å². The zero-order valence-electron chi connectivity index (χ0n) is 12.5. The number of ether oxygens (including phenoxy) is 1. The zero-order valence-corrected chi connectivity index (χ0v) is 12.5. The van der Waals surface area contributed by atoms with Crippen LogP contribution in [0, 0.1) is 5.82 Å². The van der Waals surface area contributed by atoms with Crippen LogP contribution in [0.15, 0.2) is 24.3 Å². The maximum atomic E-state index is 12.9. The topological polar surface area (TPSA) is 58.6 Å². The number of nitrogens with one attached hydrogen (secondary N) is 1. The smallest absolute Gasteiger partial charge is 0.263 e. The SMILES string of the molecule is CC(C)(Oc1ccc(F)cc1)C(=O)NCC1(O)CCCC1. The molecule has 0 saturated heterocycles. The van der Waals surface area contributed by atoms with Crippen molar-refractivity contribution in [1.29, 1.82) is 0 Å². The third kappa shape index (κ3) is 4.17. The van der Waals surface area contributed by atoms with Gasteiger partial charge in [-0.25, -0.2) is 4.39 Å². The molecule has 1 aromatic rings. The van der Waals surface area contributed by atoms with Gasteiger partial charge in [-0.2, -0.15) is 0 Å². The Morgan fingerprint density at radius 3 is 2.48 bits per heavy atom. The molecule has 0 unspecified atom stereocenters. The van der Waals surface area contributed by atoms with E-state index >= 15 is 0 Å². The van der Waals surface area contributed by atoms with E-state index in [9.17, 15) is 14.3 Å². The van der Waals surface area contributed by atoms with E-state index in [0.29, 0.717) is 18.6 Å². The van der Waals surface area contributed by atoms with E-state index in [1.807, 2.05) is 0 Å². The summed E-state index contributed by atoms with van der Waals surface area (Å²) in [7, 11) is 0. The van der Waals surface area contributed by atoms with Crippen molar-refractivity contribution in [3.63, 3.8) is 0 Å². The van der Waals surface area contributed by atoms with Crippen molar-refractivity contribution in [1.82, 2.24) is 5.32 Å². The van der Waals surface area contributed by atoms with Crippen molar-refractivity contribution < 1.29 is 19.0 Å². The average molecular weight is 295 g/mol. The lowest BCUT2D eigenvalue weighted by Crippen LogP contribution is -2.51. The number of aliphatic hydroxyl groups is 1. The van der Waals surface area contributed by atoms with E-state index in [1.54, 1.807) is 13.8 Å². The summed E-state index contributed by atoms with van der Waals surface area (Å²) in [6.07, 6.45) is 3.41. The van der Waals surface area contributed by atoms with Crippen LogP contribution in [0.3, 0.4) is 0 Å². The highest BCUT2D eigenvalue weighted by Gasteiger charge is 2.35. The number of halogens is 1. The second kappa shape index (κ2) is 6.02. The molecule has 0 aliphatic heterocycles. The van der Waals surface area contributed by atoms with Gasteiger partial charge >= 0.3 is 0 Å². The Labute approximate surface area is 124 Å². The molecule has 4 nitrogen and oxygen atoms in total. The Kier molecular flexibility index (Phi) is 4.52. The number of amides is 1. The van der Waals surface area contributed by atoms with Gasteiger partial charge in [0, 0.05) is 6.54 Å². The third-order valence-electron chi connectivity index (χ3n) is 3.85. The standard InChI is InChI=1S/C16H22FNO3/c1-15(2,21-13-7-5-12(17)6-8-13)14(19)18-11-16(20)9-3-4-10-16/h5-8,20H,3-4,9-11H2,1-2H3,(H,18,19). The number of carbonyl (C=O) groups is 1. The van der Waals surface area contributed by atoms with Gasteiger partial charge in [-0.3, -0.25) is 4.79 Å². The van der Waals surface area contributed by atoms with Gasteiger partial charge in [-0.15, -0.1) is 0 Å². The fraction of sp³-hybridized carbons (Fsp3) is 0.562. The molecule has 0 spiro atoms. The first-order chi connectivity index (χ1) is 9.81. The van der Waals surface area contributed by atoms with E-state index in [1.165, 1.54) is 24.3 Å². The zero-order chi connectivity index (χ0) is 15.5. The van der Waals surface area contributed by atoms with Crippen molar-refractivity contribution >= 4 is 5.91 Å². The van der Waals surface area contributed by atoms with Crippen LogP contribution in [0.4, 0.5) is 4.39 Å². The van der Waals surface area contributed by atoms with E-state index in [-0.39, 0.29) is 18.3 Å². The Balaban J connectivity index is 1.91. The molecule has 0 bridgehead atoms. The summed E-state index contributed by atoms with van der Waals surface area (Å²) in [6.45, 7) is 3.52. The highest BCUT2D eigenvalue weighted by Crippen LogP contribution is 2.28. The van der Waals surface area contributed by atoms with Crippen LogP contribution in [-0.4, -0.2) is 28.8 Å². The Bertz CT molecular complexity index is 493. The minimum absolute atomic E-state index is 0.238. The molecule has 0 radical (unpaired) electrons. The van der Waals surface area contributed by atoms with Crippen LogP contribution in [0.5, 0.6) is 5.75 Å². The first-order valence-corrected chi connectivity index (χ1v) is 7.26.